The summed E-state index contributed by atoms with van der Waals surface area (Å²) < 4.78 is 4.68. The van der Waals surface area contributed by atoms with Gasteiger partial charge in [0.05, 0.1) is 6.54 Å². The molecule has 1 atom stereocenters. The third-order valence-corrected chi connectivity index (χ3v) is 1.75. The molecular formula is C8H11N3O4. The van der Waals surface area contributed by atoms with Crippen molar-refractivity contribution in [1.29, 1.82) is 0 Å². The number of carboxylic acid groups (broad SMARTS) is 1. The molecule has 0 spiro atoms. The van der Waals surface area contributed by atoms with Gasteiger partial charge in [-0.15, -0.1) is 0 Å². The van der Waals surface area contributed by atoms with Crippen LogP contribution in [0.1, 0.15) is 18.6 Å². The van der Waals surface area contributed by atoms with Gasteiger partial charge in [-0.2, -0.15) is 4.98 Å². The zero-order chi connectivity index (χ0) is 11.4. The largest absolute Gasteiger partial charge is 0.481 e. The Morgan fingerprint density at radius 2 is 2.27 bits per heavy atom. The minimum absolute atomic E-state index is 0.0633. The number of hydrogen-bond donors (Lipinski definition) is 2. The summed E-state index contributed by atoms with van der Waals surface area (Å²) in [4.78, 5) is 25.5. The lowest BCUT2D eigenvalue weighted by Crippen LogP contribution is -2.33. The van der Waals surface area contributed by atoms with E-state index in [0.29, 0.717) is 11.7 Å². The number of aliphatic carboxylic acids is 1. The van der Waals surface area contributed by atoms with Crippen LogP contribution in [0.5, 0.6) is 0 Å². The first-order valence-electron chi connectivity index (χ1n) is 4.30. The van der Waals surface area contributed by atoms with E-state index in [1.807, 2.05) is 0 Å². The van der Waals surface area contributed by atoms with Crippen LogP contribution < -0.4 is 5.32 Å². The molecule has 15 heavy (non-hydrogen) atoms. The second kappa shape index (κ2) is 4.54. The highest BCUT2D eigenvalue weighted by molar-refractivity contribution is 5.96. The first-order valence-corrected chi connectivity index (χ1v) is 4.30. The number of carboxylic acids is 1. The Kier molecular flexibility index (Phi) is 3.37. The zero-order valence-electron chi connectivity index (χ0n) is 8.35. The molecule has 0 aliphatic heterocycles. The Balaban J connectivity index is 2.44. The molecular weight excluding hydrogens is 202 g/mol. The average Bonchev–Trinajstić information content (AvgIpc) is 2.59. The fourth-order valence-corrected chi connectivity index (χ4v) is 0.845. The highest BCUT2D eigenvalue weighted by Crippen LogP contribution is 1.97. The van der Waals surface area contributed by atoms with E-state index in [1.165, 1.54) is 6.92 Å². The van der Waals surface area contributed by atoms with E-state index in [0.717, 1.165) is 0 Å². The summed E-state index contributed by atoms with van der Waals surface area (Å²) >= 11 is 0. The summed E-state index contributed by atoms with van der Waals surface area (Å²) in [6.07, 6.45) is 0. The SMILES string of the molecule is Cc1nc(CNC(=O)C(C)C(=O)O)no1. The number of aromatic nitrogens is 2. The van der Waals surface area contributed by atoms with Gasteiger partial charge in [-0.05, 0) is 6.92 Å². The molecule has 0 bridgehead atoms. The number of nitrogens with zero attached hydrogens (tertiary/aromatic N) is 2. The van der Waals surface area contributed by atoms with Crippen LogP contribution in [0.3, 0.4) is 0 Å². The average molecular weight is 213 g/mol. The number of hydrogen-bond acceptors (Lipinski definition) is 5. The predicted molar refractivity (Wildman–Crippen MR) is 47.7 cm³/mol. The molecule has 7 heteroatoms. The number of carbonyl (C=O) groups is 2. The Morgan fingerprint density at radius 1 is 1.60 bits per heavy atom. The molecule has 1 rings (SSSR count). The van der Waals surface area contributed by atoms with Gasteiger partial charge in [-0.1, -0.05) is 5.16 Å². The Morgan fingerprint density at radius 3 is 2.73 bits per heavy atom. The number of rotatable bonds is 4. The zero-order valence-corrected chi connectivity index (χ0v) is 8.35. The third kappa shape index (κ3) is 3.04. The van der Waals surface area contributed by atoms with Crippen molar-refractivity contribution in [1.82, 2.24) is 15.5 Å². The fourth-order valence-electron chi connectivity index (χ4n) is 0.845. The minimum atomic E-state index is -1.17. The van der Waals surface area contributed by atoms with Gasteiger partial charge in [-0.3, -0.25) is 9.59 Å². The molecule has 1 amide bonds. The van der Waals surface area contributed by atoms with Crippen LogP contribution in [0.25, 0.3) is 0 Å². The molecule has 1 unspecified atom stereocenters. The molecule has 0 aliphatic carbocycles. The van der Waals surface area contributed by atoms with Crippen LogP contribution >= 0.6 is 0 Å². The van der Waals surface area contributed by atoms with Gasteiger partial charge in [-0.25, -0.2) is 0 Å². The molecule has 0 radical (unpaired) electrons. The van der Waals surface area contributed by atoms with E-state index in [4.69, 9.17) is 5.11 Å². The summed E-state index contributed by atoms with van der Waals surface area (Å²) in [6.45, 7) is 2.99. The molecule has 0 fully saturated rings. The molecule has 0 saturated heterocycles. The quantitative estimate of drug-likeness (QED) is 0.666. The van der Waals surface area contributed by atoms with Crippen molar-refractivity contribution in [3.63, 3.8) is 0 Å². The maximum Gasteiger partial charge on any atom is 0.315 e. The molecule has 0 saturated carbocycles. The van der Waals surface area contributed by atoms with Crippen LogP contribution in [0, 0.1) is 12.8 Å². The Bertz CT molecular complexity index is 374. The first-order chi connectivity index (χ1) is 7.00. The summed E-state index contributed by atoms with van der Waals surface area (Å²) in [6, 6.07) is 0. The normalized spacial score (nSPS) is 12.1. The number of carbonyl (C=O) groups excluding carboxylic acids is 1. The molecule has 82 valence electrons. The molecule has 1 aromatic heterocycles. The topological polar surface area (TPSA) is 105 Å². The van der Waals surface area contributed by atoms with Crippen LogP contribution in [-0.4, -0.2) is 27.1 Å². The van der Waals surface area contributed by atoms with Crippen molar-refractivity contribution in [2.75, 3.05) is 0 Å². The van der Waals surface area contributed by atoms with Crippen LogP contribution in [-0.2, 0) is 16.1 Å². The van der Waals surface area contributed by atoms with E-state index in [1.54, 1.807) is 6.92 Å². The number of amides is 1. The Hall–Kier alpha value is -1.92. The lowest BCUT2D eigenvalue weighted by atomic mass is 10.2. The minimum Gasteiger partial charge on any atom is -0.481 e. The molecule has 1 aromatic rings. The second-order valence-electron chi connectivity index (χ2n) is 3.01. The van der Waals surface area contributed by atoms with Crippen molar-refractivity contribution >= 4 is 11.9 Å². The van der Waals surface area contributed by atoms with E-state index >= 15 is 0 Å². The summed E-state index contributed by atoms with van der Waals surface area (Å²) in [5.41, 5.74) is 0. The fraction of sp³-hybridized carbons (Fsp3) is 0.500. The first kappa shape index (κ1) is 11.2. The van der Waals surface area contributed by atoms with Crippen LogP contribution in [0.4, 0.5) is 0 Å². The van der Waals surface area contributed by atoms with Crippen molar-refractivity contribution in [2.24, 2.45) is 5.92 Å². The number of aryl methyl sites for hydroxylation is 1. The van der Waals surface area contributed by atoms with Gasteiger partial charge < -0.3 is 14.9 Å². The van der Waals surface area contributed by atoms with Gasteiger partial charge in [0.1, 0.15) is 5.92 Å². The standard InChI is InChI=1S/C8H11N3O4/c1-4(8(13)14)7(12)9-3-6-10-5(2)15-11-6/h4H,3H2,1-2H3,(H,9,12)(H,13,14). The highest BCUT2D eigenvalue weighted by atomic mass is 16.5. The predicted octanol–water partition coefficient (Wildman–Crippen LogP) is -0.285. The van der Waals surface area contributed by atoms with Crippen molar-refractivity contribution in [2.45, 2.75) is 20.4 Å². The van der Waals surface area contributed by atoms with Crippen molar-refractivity contribution in [3.8, 4) is 0 Å². The van der Waals surface area contributed by atoms with Crippen LogP contribution in [0.15, 0.2) is 4.52 Å². The van der Waals surface area contributed by atoms with E-state index in [9.17, 15) is 9.59 Å². The maximum atomic E-state index is 11.2. The second-order valence-corrected chi connectivity index (χ2v) is 3.01. The van der Waals surface area contributed by atoms with Gasteiger partial charge >= 0.3 is 5.97 Å². The van der Waals surface area contributed by atoms with Crippen LogP contribution in [0.2, 0.25) is 0 Å². The lowest BCUT2D eigenvalue weighted by Gasteiger charge is -2.05. The summed E-state index contributed by atoms with van der Waals surface area (Å²) in [5, 5.41) is 14.5. The lowest BCUT2D eigenvalue weighted by molar-refractivity contribution is -0.146. The summed E-state index contributed by atoms with van der Waals surface area (Å²) in [5.74, 6) is -2.12. The smallest absolute Gasteiger partial charge is 0.315 e. The van der Waals surface area contributed by atoms with Crippen molar-refractivity contribution in [3.05, 3.63) is 11.7 Å². The maximum absolute atomic E-state index is 11.2. The molecule has 7 nitrogen and oxygen atoms in total. The van der Waals surface area contributed by atoms with Gasteiger partial charge in [0.2, 0.25) is 11.8 Å². The molecule has 1 heterocycles. The molecule has 0 aliphatic rings. The van der Waals surface area contributed by atoms with Gasteiger partial charge in [0.15, 0.2) is 5.82 Å². The van der Waals surface area contributed by atoms with Crippen molar-refractivity contribution < 1.29 is 19.2 Å². The van der Waals surface area contributed by atoms with E-state index in [-0.39, 0.29) is 6.54 Å². The monoisotopic (exact) mass is 213 g/mol. The Labute approximate surface area is 85.5 Å². The molecule has 2 N–H and O–H groups in total. The number of nitrogens with one attached hydrogen (secondary N) is 1. The van der Waals surface area contributed by atoms with E-state index in [2.05, 4.69) is 20.0 Å². The van der Waals surface area contributed by atoms with E-state index < -0.39 is 17.8 Å². The summed E-state index contributed by atoms with van der Waals surface area (Å²) in [7, 11) is 0. The highest BCUT2D eigenvalue weighted by Gasteiger charge is 2.20. The molecule has 0 aromatic carbocycles. The third-order valence-electron chi connectivity index (χ3n) is 1.75. The van der Waals surface area contributed by atoms with Gasteiger partial charge in [0, 0.05) is 6.92 Å². The van der Waals surface area contributed by atoms with Gasteiger partial charge in [0.25, 0.3) is 0 Å².